The fraction of sp³-hybridized carbons (Fsp3) is 0.0769. The van der Waals surface area contributed by atoms with Gasteiger partial charge in [-0.2, -0.15) is 0 Å². The lowest BCUT2D eigenvalue weighted by molar-refractivity contribution is 0.416. The van der Waals surface area contributed by atoms with Gasteiger partial charge in [0.1, 0.15) is 5.75 Å². The summed E-state index contributed by atoms with van der Waals surface area (Å²) in [7, 11) is 1.60. The van der Waals surface area contributed by atoms with Gasteiger partial charge in [-0.25, -0.2) is 0 Å². The average molecular weight is 229 g/mol. The molecule has 0 atom stereocenters. The van der Waals surface area contributed by atoms with Crippen molar-refractivity contribution in [3.8, 4) is 16.9 Å². The van der Waals surface area contributed by atoms with E-state index < -0.39 is 0 Å². The quantitative estimate of drug-likeness (QED) is 0.688. The minimum Gasteiger partial charge on any atom is -0.496 e. The molecule has 0 amide bonds. The Hall–Kier alpha value is -2.36. The van der Waals surface area contributed by atoms with Crippen LogP contribution in [-0.4, -0.2) is 7.11 Å². The molecule has 0 aromatic heterocycles. The largest absolute Gasteiger partial charge is 0.496 e. The molecule has 0 aliphatic carbocycles. The van der Waals surface area contributed by atoms with Crippen LogP contribution >= 0.6 is 0 Å². The Bertz CT molecular complexity index is 535. The molecule has 4 heteroatoms. The van der Waals surface area contributed by atoms with E-state index in [4.69, 9.17) is 21.9 Å². The van der Waals surface area contributed by atoms with Crippen molar-refractivity contribution < 1.29 is 4.74 Å². The summed E-state index contributed by atoms with van der Waals surface area (Å²) in [5.74, 6) is 0.696. The zero-order chi connectivity index (χ0) is 12.4. The maximum Gasteiger partial charge on any atom is 0.128 e. The molecule has 0 saturated heterocycles. The van der Waals surface area contributed by atoms with Gasteiger partial charge >= 0.3 is 0 Å². The third-order valence-electron chi connectivity index (χ3n) is 2.66. The molecule has 0 spiro atoms. The second-order valence-corrected chi connectivity index (χ2v) is 3.77. The summed E-state index contributed by atoms with van der Waals surface area (Å²) in [6.07, 6.45) is 0. The third-order valence-corrected chi connectivity index (χ3v) is 2.66. The number of methoxy groups -OCH3 is 1. The van der Waals surface area contributed by atoms with Crippen LogP contribution in [0.1, 0.15) is 0 Å². The summed E-state index contributed by atoms with van der Waals surface area (Å²) >= 11 is 0. The summed E-state index contributed by atoms with van der Waals surface area (Å²) in [5, 5.41) is 0. The number of hydrogen-bond acceptors (Lipinski definition) is 4. The van der Waals surface area contributed by atoms with Gasteiger partial charge in [-0.05, 0) is 29.8 Å². The van der Waals surface area contributed by atoms with Crippen LogP contribution in [0, 0.1) is 0 Å². The highest BCUT2D eigenvalue weighted by molar-refractivity contribution is 5.89. The van der Waals surface area contributed by atoms with E-state index in [-0.39, 0.29) is 0 Å². The summed E-state index contributed by atoms with van der Waals surface area (Å²) in [6.45, 7) is 0. The van der Waals surface area contributed by atoms with E-state index in [0.717, 1.165) is 11.1 Å². The first kappa shape index (κ1) is 11.1. The normalized spacial score (nSPS) is 10.2. The molecule has 4 nitrogen and oxygen atoms in total. The molecule has 0 radical (unpaired) electrons. The van der Waals surface area contributed by atoms with Gasteiger partial charge in [0.15, 0.2) is 0 Å². The van der Waals surface area contributed by atoms with Crippen molar-refractivity contribution in [2.75, 3.05) is 24.3 Å². The highest BCUT2D eigenvalue weighted by Crippen LogP contribution is 2.38. The molecule has 0 unspecified atom stereocenters. The van der Waals surface area contributed by atoms with Crippen molar-refractivity contribution in [2.24, 2.45) is 0 Å². The molecule has 88 valence electrons. The van der Waals surface area contributed by atoms with Gasteiger partial charge in [-0.3, -0.25) is 0 Å². The van der Waals surface area contributed by atoms with Crippen LogP contribution in [0.5, 0.6) is 5.75 Å². The van der Waals surface area contributed by atoms with Crippen molar-refractivity contribution in [3.63, 3.8) is 0 Å². The van der Waals surface area contributed by atoms with Gasteiger partial charge in [0.2, 0.25) is 0 Å². The molecule has 0 fully saturated rings. The van der Waals surface area contributed by atoms with Crippen LogP contribution in [0.4, 0.5) is 17.1 Å². The van der Waals surface area contributed by atoms with Gasteiger partial charge in [0.25, 0.3) is 0 Å². The lowest BCUT2D eigenvalue weighted by Crippen LogP contribution is -1.99. The van der Waals surface area contributed by atoms with Gasteiger partial charge in [0.05, 0.1) is 18.5 Å². The highest BCUT2D eigenvalue weighted by atomic mass is 16.5. The van der Waals surface area contributed by atoms with Crippen LogP contribution in [0.15, 0.2) is 36.4 Å². The minimum absolute atomic E-state index is 0.522. The Morgan fingerprint density at radius 2 is 1.53 bits per heavy atom. The number of hydrogen-bond donors (Lipinski definition) is 3. The fourth-order valence-electron chi connectivity index (χ4n) is 1.73. The van der Waals surface area contributed by atoms with E-state index in [1.807, 2.05) is 24.3 Å². The third kappa shape index (κ3) is 1.97. The van der Waals surface area contributed by atoms with Crippen molar-refractivity contribution in [1.82, 2.24) is 0 Å². The van der Waals surface area contributed by atoms with E-state index in [1.165, 1.54) is 0 Å². The Labute approximate surface area is 100.0 Å². The van der Waals surface area contributed by atoms with Crippen molar-refractivity contribution >= 4 is 17.1 Å². The molecule has 2 aromatic carbocycles. The van der Waals surface area contributed by atoms with Gasteiger partial charge < -0.3 is 21.9 Å². The van der Waals surface area contributed by atoms with E-state index >= 15 is 0 Å². The highest BCUT2D eigenvalue weighted by Gasteiger charge is 2.11. The summed E-state index contributed by atoms with van der Waals surface area (Å²) in [6, 6.07) is 11.0. The van der Waals surface area contributed by atoms with Crippen LogP contribution in [0.25, 0.3) is 11.1 Å². The van der Waals surface area contributed by atoms with Gasteiger partial charge in [-0.15, -0.1) is 0 Å². The molecule has 0 heterocycles. The van der Waals surface area contributed by atoms with Crippen molar-refractivity contribution in [1.29, 1.82) is 0 Å². The molecule has 0 bridgehead atoms. The Morgan fingerprint density at radius 1 is 0.882 bits per heavy atom. The number of benzene rings is 2. The van der Waals surface area contributed by atoms with Crippen LogP contribution in [0.3, 0.4) is 0 Å². The van der Waals surface area contributed by atoms with Crippen LogP contribution < -0.4 is 21.9 Å². The van der Waals surface area contributed by atoms with Gasteiger partial charge in [0, 0.05) is 11.3 Å². The zero-order valence-corrected chi connectivity index (χ0v) is 9.60. The average Bonchev–Trinajstić information content (AvgIpc) is 2.34. The van der Waals surface area contributed by atoms with Crippen molar-refractivity contribution in [3.05, 3.63) is 36.4 Å². The molecule has 6 N–H and O–H groups in total. The number of anilines is 3. The molecule has 2 aromatic rings. The minimum atomic E-state index is 0.522. The summed E-state index contributed by atoms with van der Waals surface area (Å²) in [4.78, 5) is 0. The Kier molecular flexibility index (Phi) is 2.78. The number of nitrogen functional groups attached to an aromatic ring is 3. The van der Waals surface area contributed by atoms with E-state index in [2.05, 4.69) is 0 Å². The SMILES string of the molecule is COc1ccc(N)c(N)c1-c1ccc(N)cc1. The van der Waals surface area contributed by atoms with E-state index in [0.29, 0.717) is 22.8 Å². The second kappa shape index (κ2) is 4.25. The number of ether oxygens (including phenoxy) is 1. The number of nitrogens with two attached hydrogens (primary N) is 3. The first-order valence-electron chi connectivity index (χ1n) is 5.21. The summed E-state index contributed by atoms with van der Waals surface area (Å²) < 4.78 is 5.30. The summed E-state index contributed by atoms with van der Waals surface area (Å²) in [5.41, 5.74) is 21.0. The molecular formula is C13H15N3O. The lowest BCUT2D eigenvalue weighted by atomic mass is 10.0. The molecule has 17 heavy (non-hydrogen) atoms. The predicted octanol–water partition coefficient (Wildman–Crippen LogP) is 2.11. The smallest absolute Gasteiger partial charge is 0.128 e. The van der Waals surface area contributed by atoms with Gasteiger partial charge in [-0.1, -0.05) is 12.1 Å². The molecule has 0 aliphatic heterocycles. The molecule has 2 rings (SSSR count). The van der Waals surface area contributed by atoms with Crippen LogP contribution in [0.2, 0.25) is 0 Å². The first-order chi connectivity index (χ1) is 8.13. The Balaban J connectivity index is 2.64. The Morgan fingerprint density at radius 3 is 2.12 bits per heavy atom. The lowest BCUT2D eigenvalue weighted by Gasteiger charge is -2.13. The standard InChI is InChI=1S/C13H15N3O/c1-17-11-7-6-10(15)13(16)12(11)8-2-4-9(14)5-3-8/h2-7H,14-16H2,1H3. The van der Waals surface area contributed by atoms with Crippen molar-refractivity contribution in [2.45, 2.75) is 0 Å². The van der Waals surface area contributed by atoms with Crippen LogP contribution in [-0.2, 0) is 0 Å². The van der Waals surface area contributed by atoms with E-state index in [9.17, 15) is 0 Å². The first-order valence-corrected chi connectivity index (χ1v) is 5.21. The fourth-order valence-corrected chi connectivity index (χ4v) is 1.73. The second-order valence-electron chi connectivity index (χ2n) is 3.77. The maximum absolute atomic E-state index is 5.99. The monoisotopic (exact) mass is 229 g/mol. The number of rotatable bonds is 2. The zero-order valence-electron chi connectivity index (χ0n) is 9.60. The topological polar surface area (TPSA) is 87.3 Å². The molecule has 0 saturated carbocycles. The molecule has 0 aliphatic rings. The maximum atomic E-state index is 5.99. The molecular weight excluding hydrogens is 214 g/mol. The predicted molar refractivity (Wildman–Crippen MR) is 71.7 cm³/mol. The van der Waals surface area contributed by atoms with E-state index in [1.54, 1.807) is 19.2 Å².